The van der Waals surface area contributed by atoms with E-state index < -0.39 is 0 Å². The zero-order valence-electron chi connectivity index (χ0n) is 10.6. The molecule has 0 amide bonds. The third-order valence-corrected chi connectivity index (χ3v) is 3.33. The van der Waals surface area contributed by atoms with Crippen LogP contribution in [0.3, 0.4) is 0 Å². The molecule has 0 fully saturated rings. The molecular weight excluding hydrogens is 268 g/mol. The van der Waals surface area contributed by atoms with Gasteiger partial charge in [0.05, 0.1) is 0 Å². The van der Waals surface area contributed by atoms with Crippen molar-refractivity contribution >= 4 is 22.9 Å². The van der Waals surface area contributed by atoms with E-state index in [2.05, 4.69) is 9.97 Å². The van der Waals surface area contributed by atoms with Crippen LogP contribution in [-0.2, 0) is 12.0 Å². The van der Waals surface area contributed by atoms with Gasteiger partial charge < -0.3 is 4.74 Å². The van der Waals surface area contributed by atoms with E-state index in [4.69, 9.17) is 16.3 Å². The summed E-state index contributed by atoms with van der Waals surface area (Å²) in [4.78, 5) is 9.77. The van der Waals surface area contributed by atoms with Gasteiger partial charge in [-0.25, -0.2) is 4.98 Å². The lowest BCUT2D eigenvalue weighted by Crippen LogP contribution is -2.16. The molecule has 5 heteroatoms. The molecule has 0 radical (unpaired) electrons. The van der Waals surface area contributed by atoms with Gasteiger partial charge in [-0.15, -0.1) is 11.3 Å². The number of hydrogen-bond acceptors (Lipinski definition) is 4. The monoisotopic (exact) mass is 282 g/mol. The Balaban J connectivity index is 2.15. The Morgan fingerprint density at radius 2 is 2.11 bits per heavy atom. The van der Waals surface area contributed by atoms with Crippen LogP contribution in [0.4, 0.5) is 0 Å². The van der Waals surface area contributed by atoms with Gasteiger partial charge in [0.1, 0.15) is 17.6 Å². The second-order valence-corrected chi connectivity index (χ2v) is 6.39. The van der Waals surface area contributed by atoms with Gasteiger partial charge in [-0.05, 0) is 11.4 Å². The molecule has 0 aromatic carbocycles. The molecule has 2 rings (SSSR count). The summed E-state index contributed by atoms with van der Waals surface area (Å²) >= 11 is 7.64. The summed E-state index contributed by atoms with van der Waals surface area (Å²) < 4.78 is 5.64. The summed E-state index contributed by atoms with van der Waals surface area (Å²) in [6.07, 6.45) is 0. The van der Waals surface area contributed by atoms with E-state index in [0.717, 1.165) is 4.88 Å². The van der Waals surface area contributed by atoms with Crippen molar-refractivity contribution in [3.63, 3.8) is 0 Å². The highest BCUT2D eigenvalue weighted by Gasteiger charge is 2.19. The molecule has 0 saturated heterocycles. The number of ether oxygens (including phenoxy) is 1. The standard InChI is InChI=1S/C13H15ClN2OS/c1-13(2,3)12-15-10(14)7-11(16-12)17-8-9-5-4-6-18-9/h4-7H,8H2,1-3H3. The van der Waals surface area contributed by atoms with Gasteiger partial charge in [0.25, 0.3) is 0 Å². The SMILES string of the molecule is CC(C)(C)c1nc(Cl)cc(OCc2cccs2)n1. The van der Waals surface area contributed by atoms with Crippen molar-refractivity contribution in [2.24, 2.45) is 0 Å². The second kappa shape index (κ2) is 5.24. The number of halogens is 1. The molecule has 0 unspecified atom stereocenters. The van der Waals surface area contributed by atoms with Crippen LogP contribution in [0.1, 0.15) is 31.5 Å². The van der Waals surface area contributed by atoms with Crippen LogP contribution in [0.2, 0.25) is 5.15 Å². The van der Waals surface area contributed by atoms with E-state index in [9.17, 15) is 0 Å². The topological polar surface area (TPSA) is 35.0 Å². The Kier molecular flexibility index (Phi) is 3.88. The van der Waals surface area contributed by atoms with Crippen molar-refractivity contribution in [2.75, 3.05) is 0 Å². The normalized spacial score (nSPS) is 11.6. The maximum absolute atomic E-state index is 5.99. The highest BCUT2D eigenvalue weighted by Crippen LogP contribution is 2.23. The van der Waals surface area contributed by atoms with Crippen LogP contribution in [0.15, 0.2) is 23.6 Å². The van der Waals surface area contributed by atoms with Crippen molar-refractivity contribution < 1.29 is 4.74 Å². The van der Waals surface area contributed by atoms with Crippen LogP contribution < -0.4 is 4.74 Å². The maximum atomic E-state index is 5.99. The summed E-state index contributed by atoms with van der Waals surface area (Å²) in [5, 5.41) is 2.43. The van der Waals surface area contributed by atoms with Crippen LogP contribution in [-0.4, -0.2) is 9.97 Å². The van der Waals surface area contributed by atoms with Gasteiger partial charge in [-0.2, -0.15) is 4.98 Å². The molecule has 2 aromatic rings. The number of rotatable bonds is 3. The largest absolute Gasteiger partial charge is 0.472 e. The number of aromatic nitrogens is 2. The highest BCUT2D eigenvalue weighted by atomic mass is 35.5. The zero-order chi connectivity index (χ0) is 13.2. The summed E-state index contributed by atoms with van der Waals surface area (Å²) in [5.41, 5.74) is -0.147. The molecule has 3 nitrogen and oxygen atoms in total. The van der Waals surface area contributed by atoms with Gasteiger partial charge in [-0.3, -0.25) is 0 Å². The average Bonchev–Trinajstić information content (AvgIpc) is 2.77. The zero-order valence-corrected chi connectivity index (χ0v) is 12.2. The Labute approximate surface area is 116 Å². The third kappa shape index (κ3) is 3.43. The van der Waals surface area contributed by atoms with Crippen LogP contribution in [0.25, 0.3) is 0 Å². The molecule has 0 spiro atoms. The number of thiophene rings is 1. The van der Waals surface area contributed by atoms with E-state index in [1.807, 2.05) is 38.3 Å². The minimum Gasteiger partial charge on any atom is -0.472 e. The second-order valence-electron chi connectivity index (χ2n) is 4.97. The van der Waals surface area contributed by atoms with Gasteiger partial charge in [-0.1, -0.05) is 38.4 Å². The molecule has 0 bridgehead atoms. The van der Waals surface area contributed by atoms with Crippen LogP contribution in [0, 0.1) is 0 Å². The molecule has 0 saturated carbocycles. The summed E-state index contributed by atoms with van der Waals surface area (Å²) in [7, 11) is 0. The summed E-state index contributed by atoms with van der Waals surface area (Å²) in [5.74, 6) is 1.21. The van der Waals surface area contributed by atoms with Crippen LogP contribution >= 0.6 is 22.9 Å². The van der Waals surface area contributed by atoms with Crippen molar-refractivity contribution in [3.05, 3.63) is 39.4 Å². The molecule has 0 aliphatic heterocycles. The first-order chi connectivity index (χ1) is 8.45. The molecule has 0 N–H and O–H groups in total. The fourth-order valence-electron chi connectivity index (χ4n) is 1.35. The summed E-state index contributed by atoms with van der Waals surface area (Å²) in [6, 6.07) is 5.67. The molecular formula is C13H15ClN2OS. The fraction of sp³-hybridized carbons (Fsp3) is 0.385. The van der Waals surface area contributed by atoms with Crippen molar-refractivity contribution in [1.82, 2.24) is 9.97 Å². The average molecular weight is 283 g/mol. The highest BCUT2D eigenvalue weighted by molar-refractivity contribution is 7.09. The first-order valence-electron chi connectivity index (χ1n) is 5.65. The van der Waals surface area contributed by atoms with Gasteiger partial charge in [0, 0.05) is 16.4 Å². The van der Waals surface area contributed by atoms with Crippen molar-refractivity contribution in [1.29, 1.82) is 0 Å². The first-order valence-corrected chi connectivity index (χ1v) is 6.91. The predicted molar refractivity (Wildman–Crippen MR) is 74.4 cm³/mol. The third-order valence-electron chi connectivity index (χ3n) is 2.28. The molecule has 0 aliphatic carbocycles. The lowest BCUT2D eigenvalue weighted by molar-refractivity contribution is 0.293. The quantitative estimate of drug-likeness (QED) is 0.796. The van der Waals surface area contributed by atoms with Crippen molar-refractivity contribution in [3.8, 4) is 5.88 Å². The van der Waals surface area contributed by atoms with Gasteiger partial charge in [0.2, 0.25) is 5.88 Å². The first kappa shape index (κ1) is 13.3. The minimum absolute atomic E-state index is 0.147. The van der Waals surface area contributed by atoms with Gasteiger partial charge in [0.15, 0.2) is 0 Å². The summed E-state index contributed by atoms with van der Waals surface area (Å²) in [6.45, 7) is 6.64. The van der Waals surface area contributed by atoms with E-state index >= 15 is 0 Å². The minimum atomic E-state index is -0.147. The Bertz CT molecular complexity index is 520. The molecule has 96 valence electrons. The smallest absolute Gasteiger partial charge is 0.218 e. The Morgan fingerprint density at radius 1 is 1.33 bits per heavy atom. The van der Waals surface area contributed by atoms with E-state index in [1.165, 1.54) is 0 Å². The van der Waals surface area contributed by atoms with E-state index in [1.54, 1.807) is 17.4 Å². The number of nitrogens with zero attached hydrogens (tertiary/aromatic N) is 2. The van der Waals surface area contributed by atoms with Crippen LogP contribution in [0.5, 0.6) is 5.88 Å². The van der Waals surface area contributed by atoms with Crippen molar-refractivity contribution in [2.45, 2.75) is 32.8 Å². The Hall–Kier alpha value is -1.13. The van der Waals surface area contributed by atoms with Gasteiger partial charge >= 0.3 is 0 Å². The molecule has 0 atom stereocenters. The lowest BCUT2D eigenvalue weighted by Gasteiger charge is -2.17. The molecule has 18 heavy (non-hydrogen) atoms. The fourth-order valence-corrected chi connectivity index (χ4v) is 2.14. The van der Waals surface area contributed by atoms with E-state index in [0.29, 0.717) is 23.5 Å². The lowest BCUT2D eigenvalue weighted by atomic mass is 9.96. The number of hydrogen-bond donors (Lipinski definition) is 0. The Morgan fingerprint density at radius 3 is 2.72 bits per heavy atom. The maximum Gasteiger partial charge on any atom is 0.218 e. The predicted octanol–water partition coefficient (Wildman–Crippen LogP) is 4.07. The molecule has 2 aromatic heterocycles. The molecule has 0 aliphatic rings. The van der Waals surface area contributed by atoms with E-state index in [-0.39, 0.29) is 5.41 Å². The molecule has 2 heterocycles.